The van der Waals surface area contributed by atoms with E-state index in [4.69, 9.17) is 9.47 Å². The summed E-state index contributed by atoms with van der Waals surface area (Å²) in [6, 6.07) is 7.97. The van der Waals surface area contributed by atoms with E-state index < -0.39 is 0 Å². The van der Waals surface area contributed by atoms with E-state index in [1.165, 1.54) is 5.56 Å². The summed E-state index contributed by atoms with van der Waals surface area (Å²) in [4.78, 5) is 0. The molecule has 1 aliphatic rings. The molecule has 0 fully saturated rings. The molecule has 1 atom stereocenters. The zero-order valence-electron chi connectivity index (χ0n) is 7.12. The lowest BCUT2D eigenvalue weighted by molar-refractivity contribution is -0.114. The van der Waals surface area contributed by atoms with Crippen molar-refractivity contribution in [3.8, 4) is 5.75 Å². The van der Waals surface area contributed by atoms with Crippen LogP contribution in [0.15, 0.2) is 24.3 Å². The normalized spacial score (nSPS) is 19.2. The molecule has 1 unspecified atom stereocenters. The predicted molar refractivity (Wildman–Crippen MR) is 46.1 cm³/mol. The Labute approximate surface area is 72.1 Å². The van der Waals surface area contributed by atoms with Crippen LogP contribution in [0.2, 0.25) is 0 Å². The Kier molecular flexibility index (Phi) is 2.00. The highest BCUT2D eigenvalue weighted by Crippen LogP contribution is 2.39. The van der Waals surface area contributed by atoms with Gasteiger partial charge in [0.15, 0.2) is 0 Å². The molecule has 0 aliphatic carbocycles. The van der Waals surface area contributed by atoms with E-state index in [0.29, 0.717) is 0 Å². The monoisotopic (exact) mass is 164 g/mol. The minimum absolute atomic E-state index is 0.110. The van der Waals surface area contributed by atoms with Gasteiger partial charge in [0, 0.05) is 0 Å². The number of hydrogen-bond acceptors (Lipinski definition) is 2. The lowest BCUT2D eigenvalue weighted by Crippen LogP contribution is -2.22. The van der Waals surface area contributed by atoms with Gasteiger partial charge < -0.3 is 9.47 Å². The second-order valence-corrected chi connectivity index (χ2v) is 2.86. The first-order valence-electron chi connectivity index (χ1n) is 4.29. The summed E-state index contributed by atoms with van der Waals surface area (Å²) in [5.41, 5.74) is 1.17. The summed E-state index contributed by atoms with van der Waals surface area (Å²) >= 11 is 0. The van der Waals surface area contributed by atoms with Crippen LogP contribution < -0.4 is 4.74 Å². The first kappa shape index (κ1) is 7.62. The van der Waals surface area contributed by atoms with Crippen LogP contribution in [-0.2, 0) is 4.74 Å². The summed E-state index contributed by atoms with van der Waals surface area (Å²) in [6.07, 6.45) is 0.920. The Balaban J connectivity index is 2.00. The van der Waals surface area contributed by atoms with Crippen LogP contribution in [0.3, 0.4) is 0 Å². The maximum atomic E-state index is 5.43. The van der Waals surface area contributed by atoms with Crippen molar-refractivity contribution in [2.45, 2.75) is 19.6 Å². The van der Waals surface area contributed by atoms with E-state index in [2.05, 4.69) is 6.92 Å². The van der Waals surface area contributed by atoms with Gasteiger partial charge >= 0.3 is 0 Å². The molecule has 1 aliphatic heterocycles. The summed E-state index contributed by atoms with van der Waals surface area (Å²) in [5, 5.41) is 0. The summed E-state index contributed by atoms with van der Waals surface area (Å²) in [6.45, 7) is 2.85. The average molecular weight is 164 g/mol. The summed E-state index contributed by atoms with van der Waals surface area (Å²) < 4.78 is 10.8. The SMILES string of the molecule is CCCOC1Oc2ccccc21. The Morgan fingerprint density at radius 1 is 1.42 bits per heavy atom. The van der Waals surface area contributed by atoms with Crippen LogP contribution >= 0.6 is 0 Å². The lowest BCUT2D eigenvalue weighted by Gasteiger charge is -2.30. The van der Waals surface area contributed by atoms with Crippen molar-refractivity contribution < 1.29 is 9.47 Å². The number of hydrogen-bond donors (Lipinski definition) is 0. The molecule has 2 heteroatoms. The summed E-state index contributed by atoms with van der Waals surface area (Å²) in [5.74, 6) is 0.957. The fraction of sp³-hybridized carbons (Fsp3) is 0.400. The largest absolute Gasteiger partial charge is 0.460 e. The minimum Gasteiger partial charge on any atom is -0.460 e. The van der Waals surface area contributed by atoms with Crippen LogP contribution in [0.1, 0.15) is 25.2 Å². The lowest BCUT2D eigenvalue weighted by atomic mass is 10.1. The second-order valence-electron chi connectivity index (χ2n) is 2.86. The topological polar surface area (TPSA) is 18.5 Å². The maximum Gasteiger partial charge on any atom is 0.230 e. The standard InChI is InChI=1S/C10H12O2/c1-2-7-11-10-8-5-3-4-6-9(8)12-10/h3-6,10H,2,7H2,1H3. The average Bonchev–Trinajstić information content (AvgIpc) is 2.07. The smallest absolute Gasteiger partial charge is 0.230 e. The van der Waals surface area contributed by atoms with Gasteiger partial charge in [-0.1, -0.05) is 19.1 Å². The van der Waals surface area contributed by atoms with E-state index in [9.17, 15) is 0 Å². The van der Waals surface area contributed by atoms with Crippen molar-refractivity contribution in [3.63, 3.8) is 0 Å². The van der Waals surface area contributed by atoms with Crippen molar-refractivity contribution in [2.24, 2.45) is 0 Å². The molecule has 2 nitrogen and oxygen atoms in total. The van der Waals surface area contributed by atoms with Crippen LogP contribution in [0.5, 0.6) is 5.75 Å². The molecule has 1 aromatic carbocycles. The molecule has 0 spiro atoms. The third kappa shape index (κ3) is 1.18. The molecule has 0 amide bonds. The Morgan fingerprint density at radius 2 is 2.25 bits per heavy atom. The number of ether oxygens (including phenoxy) is 2. The van der Waals surface area contributed by atoms with Gasteiger partial charge in [0.05, 0.1) is 12.2 Å². The van der Waals surface area contributed by atoms with Gasteiger partial charge in [0.2, 0.25) is 6.29 Å². The molecule has 0 N–H and O–H groups in total. The fourth-order valence-electron chi connectivity index (χ4n) is 1.25. The highest BCUT2D eigenvalue weighted by Gasteiger charge is 2.27. The van der Waals surface area contributed by atoms with Crippen molar-refractivity contribution in [1.29, 1.82) is 0 Å². The van der Waals surface area contributed by atoms with Crippen molar-refractivity contribution in [2.75, 3.05) is 6.61 Å². The molecule has 1 aromatic rings. The Bertz CT molecular complexity index is 270. The number of rotatable bonds is 3. The molecule has 12 heavy (non-hydrogen) atoms. The van der Waals surface area contributed by atoms with Crippen LogP contribution in [0, 0.1) is 0 Å². The number of para-hydroxylation sites is 1. The number of fused-ring (bicyclic) bond motifs is 1. The molecular weight excluding hydrogens is 152 g/mol. The third-order valence-corrected chi connectivity index (χ3v) is 1.88. The first-order valence-corrected chi connectivity index (χ1v) is 4.29. The zero-order chi connectivity index (χ0) is 8.39. The molecule has 0 saturated carbocycles. The van der Waals surface area contributed by atoms with E-state index in [1.807, 2.05) is 24.3 Å². The van der Waals surface area contributed by atoms with Crippen LogP contribution in [0.4, 0.5) is 0 Å². The summed E-state index contributed by atoms with van der Waals surface area (Å²) in [7, 11) is 0. The Hall–Kier alpha value is -1.02. The van der Waals surface area contributed by atoms with E-state index >= 15 is 0 Å². The fourth-order valence-corrected chi connectivity index (χ4v) is 1.25. The maximum absolute atomic E-state index is 5.43. The van der Waals surface area contributed by atoms with Gasteiger partial charge in [-0.15, -0.1) is 0 Å². The molecule has 2 rings (SSSR count). The van der Waals surface area contributed by atoms with Crippen molar-refractivity contribution >= 4 is 0 Å². The van der Waals surface area contributed by atoms with Crippen molar-refractivity contribution in [1.82, 2.24) is 0 Å². The van der Waals surface area contributed by atoms with Crippen LogP contribution in [0.25, 0.3) is 0 Å². The molecule has 1 heterocycles. The van der Waals surface area contributed by atoms with Gasteiger partial charge in [-0.05, 0) is 18.6 Å². The van der Waals surface area contributed by atoms with Gasteiger partial charge in [-0.25, -0.2) is 0 Å². The van der Waals surface area contributed by atoms with Gasteiger partial charge in [0.1, 0.15) is 5.75 Å². The molecule has 0 radical (unpaired) electrons. The third-order valence-electron chi connectivity index (χ3n) is 1.88. The molecule has 0 saturated heterocycles. The number of benzene rings is 1. The van der Waals surface area contributed by atoms with Gasteiger partial charge in [-0.3, -0.25) is 0 Å². The van der Waals surface area contributed by atoms with E-state index in [-0.39, 0.29) is 6.29 Å². The van der Waals surface area contributed by atoms with Crippen LogP contribution in [-0.4, -0.2) is 6.61 Å². The quantitative estimate of drug-likeness (QED) is 0.683. The minimum atomic E-state index is -0.110. The highest BCUT2D eigenvalue weighted by atomic mass is 16.7. The predicted octanol–water partition coefficient (Wildman–Crippen LogP) is 2.50. The van der Waals surface area contributed by atoms with Crippen molar-refractivity contribution in [3.05, 3.63) is 29.8 Å². The first-order chi connectivity index (χ1) is 5.92. The van der Waals surface area contributed by atoms with Gasteiger partial charge in [0.25, 0.3) is 0 Å². The zero-order valence-corrected chi connectivity index (χ0v) is 7.12. The van der Waals surface area contributed by atoms with E-state index in [0.717, 1.165) is 18.8 Å². The van der Waals surface area contributed by atoms with Gasteiger partial charge in [-0.2, -0.15) is 0 Å². The molecule has 0 aromatic heterocycles. The highest BCUT2D eigenvalue weighted by molar-refractivity contribution is 5.40. The molecule has 0 bridgehead atoms. The Morgan fingerprint density at radius 3 is 3.00 bits per heavy atom. The van der Waals surface area contributed by atoms with E-state index in [1.54, 1.807) is 0 Å². The molecular formula is C10H12O2. The molecule has 64 valence electrons. The second kappa shape index (κ2) is 3.15.